The quantitative estimate of drug-likeness (QED) is 0.0570. The Morgan fingerprint density at radius 2 is 1.60 bits per heavy atom. The fourth-order valence-corrected chi connectivity index (χ4v) is 7.99. The van der Waals surface area contributed by atoms with Gasteiger partial charge in [0.1, 0.15) is 6.61 Å². The molecular weight excluding hydrogens is 771 g/mol. The van der Waals surface area contributed by atoms with E-state index in [-0.39, 0.29) is 140 Å². The number of halogens is 2. The van der Waals surface area contributed by atoms with Gasteiger partial charge in [-0.15, -0.1) is 11.3 Å². The van der Waals surface area contributed by atoms with Crippen molar-refractivity contribution in [1.82, 2.24) is 9.80 Å². The second-order valence-electron chi connectivity index (χ2n) is 13.9. The summed E-state index contributed by atoms with van der Waals surface area (Å²) in [4.78, 5) is 76.5. The lowest BCUT2D eigenvalue weighted by Gasteiger charge is -2.18. The molecule has 2 aliphatic rings. The molecule has 0 saturated carbocycles. The van der Waals surface area contributed by atoms with Gasteiger partial charge in [0.2, 0.25) is 17.7 Å². The number of fused-ring (bicyclic) bond motifs is 2. The van der Waals surface area contributed by atoms with Crippen molar-refractivity contribution >= 4 is 56.9 Å². The van der Waals surface area contributed by atoms with Gasteiger partial charge in [-0.05, 0) is 23.6 Å². The average molecular weight is 817 g/mol. The molecule has 2 atom stereocenters. The summed E-state index contributed by atoms with van der Waals surface area (Å²) < 4.78 is 59.1. The zero-order valence-corrected chi connectivity index (χ0v) is 33.1. The molecule has 1 saturated heterocycles. The highest BCUT2D eigenvalue weighted by molar-refractivity contribution is 7.20. The monoisotopic (exact) mass is 816 g/mol. The van der Waals surface area contributed by atoms with Crippen molar-refractivity contribution in [2.45, 2.75) is 78.3 Å². The van der Waals surface area contributed by atoms with Gasteiger partial charge in [0.25, 0.3) is 0 Å². The number of likely N-dealkylation sites (tertiary alicyclic amines) is 1. The number of aliphatic carboxylic acids is 1. The van der Waals surface area contributed by atoms with Crippen molar-refractivity contribution < 1.29 is 66.3 Å². The average Bonchev–Trinajstić information content (AvgIpc) is 3.90. The van der Waals surface area contributed by atoms with Gasteiger partial charge >= 0.3 is 11.9 Å². The van der Waals surface area contributed by atoms with E-state index in [0.717, 1.165) is 29.1 Å². The first-order chi connectivity index (χ1) is 27.3. The van der Waals surface area contributed by atoms with Crippen molar-refractivity contribution in [3.63, 3.8) is 0 Å². The number of carbonyl (C=O) groups excluding carboxylic acids is 5. The SMILES string of the molecule is CCCC(C)C1CC(=O)N(CCOC(=O)CCC(=O)c2cc3c(F)c(OCCCOc4c(OC)cc5c(c4F)CN(C(=O)CCC(=O)O)C5)c(OC)cc3s2)C1=O. The number of nitrogens with zero attached hydrogens (tertiary/aromatic N) is 2. The van der Waals surface area contributed by atoms with Crippen LogP contribution < -0.4 is 18.9 Å². The van der Waals surface area contributed by atoms with Crippen molar-refractivity contribution in [2.24, 2.45) is 11.8 Å². The lowest BCUT2D eigenvalue weighted by atomic mass is 9.89. The molecule has 5 rings (SSSR count). The number of ketones is 1. The fraction of sp³-hybridized carbons (Fsp3) is 0.500. The van der Waals surface area contributed by atoms with E-state index < -0.39 is 35.3 Å². The van der Waals surface area contributed by atoms with Crippen molar-refractivity contribution in [3.8, 4) is 23.0 Å². The number of ether oxygens (including phenoxy) is 5. The van der Waals surface area contributed by atoms with Crippen LogP contribution in [0.5, 0.6) is 23.0 Å². The van der Waals surface area contributed by atoms with Crippen LogP contribution in [0.15, 0.2) is 18.2 Å². The zero-order chi connectivity index (χ0) is 41.4. The molecule has 2 unspecified atom stereocenters. The van der Waals surface area contributed by atoms with Gasteiger partial charge in [0.05, 0.1) is 51.7 Å². The molecule has 3 heterocycles. The highest BCUT2D eigenvalue weighted by atomic mass is 32.1. The smallest absolute Gasteiger partial charge is 0.306 e. The van der Waals surface area contributed by atoms with E-state index in [9.17, 15) is 28.8 Å². The van der Waals surface area contributed by atoms with Crippen LogP contribution in [0.1, 0.15) is 86.0 Å². The first kappa shape index (κ1) is 42.8. The van der Waals surface area contributed by atoms with Crippen LogP contribution >= 0.6 is 11.3 Å². The highest BCUT2D eigenvalue weighted by Gasteiger charge is 2.41. The van der Waals surface area contributed by atoms with Crippen molar-refractivity contribution in [3.05, 3.63) is 45.8 Å². The summed E-state index contributed by atoms with van der Waals surface area (Å²) in [5.41, 5.74) is 0.769. The molecule has 57 heavy (non-hydrogen) atoms. The molecule has 3 aromatic rings. The third-order valence-electron chi connectivity index (χ3n) is 10.0. The molecule has 0 spiro atoms. The number of methoxy groups -OCH3 is 2. The number of imide groups is 1. The van der Waals surface area contributed by atoms with Gasteiger partial charge in [-0.1, -0.05) is 26.7 Å². The molecule has 0 radical (unpaired) electrons. The first-order valence-corrected chi connectivity index (χ1v) is 19.6. The number of benzene rings is 2. The molecule has 1 fully saturated rings. The van der Waals surface area contributed by atoms with E-state index in [1.165, 1.54) is 31.3 Å². The first-order valence-electron chi connectivity index (χ1n) is 18.7. The third-order valence-corrected chi connectivity index (χ3v) is 11.1. The number of amides is 3. The third kappa shape index (κ3) is 9.98. The van der Waals surface area contributed by atoms with E-state index in [0.29, 0.717) is 10.3 Å². The van der Waals surface area contributed by atoms with E-state index in [1.807, 2.05) is 13.8 Å². The number of hydrogen-bond donors (Lipinski definition) is 1. The zero-order valence-electron chi connectivity index (χ0n) is 32.3. The van der Waals surface area contributed by atoms with Crippen LogP contribution in [0.25, 0.3) is 10.1 Å². The Labute approximate surface area is 331 Å². The van der Waals surface area contributed by atoms with Crippen LogP contribution in [0.2, 0.25) is 0 Å². The minimum absolute atomic E-state index is 0.0423. The molecule has 308 valence electrons. The molecular formula is C40H46F2N2O12S. The van der Waals surface area contributed by atoms with E-state index in [2.05, 4.69) is 0 Å². The largest absolute Gasteiger partial charge is 0.493 e. The summed E-state index contributed by atoms with van der Waals surface area (Å²) in [5, 5.41) is 9.00. The predicted molar refractivity (Wildman–Crippen MR) is 201 cm³/mol. The minimum atomic E-state index is -1.10. The molecule has 2 aromatic carbocycles. The van der Waals surface area contributed by atoms with Crippen LogP contribution in [0.3, 0.4) is 0 Å². The van der Waals surface area contributed by atoms with Crippen molar-refractivity contribution in [1.29, 1.82) is 0 Å². The van der Waals surface area contributed by atoms with Gasteiger partial charge in [0, 0.05) is 66.4 Å². The summed E-state index contributed by atoms with van der Waals surface area (Å²) in [5.74, 6) is -5.04. The van der Waals surface area contributed by atoms with E-state index >= 15 is 8.78 Å². The summed E-state index contributed by atoms with van der Waals surface area (Å²) in [6, 6.07) is 4.49. The number of carbonyl (C=O) groups is 6. The molecule has 17 heteroatoms. The van der Waals surface area contributed by atoms with Crippen LogP contribution in [0, 0.1) is 23.5 Å². The number of rotatable bonds is 21. The van der Waals surface area contributed by atoms with E-state index in [4.69, 9.17) is 28.8 Å². The second kappa shape index (κ2) is 19.2. The van der Waals surface area contributed by atoms with E-state index in [1.54, 1.807) is 6.07 Å². The molecule has 3 amide bonds. The Bertz CT molecular complexity index is 2030. The Morgan fingerprint density at radius 1 is 0.912 bits per heavy atom. The maximum absolute atomic E-state index is 15.8. The number of esters is 1. The Kier molecular flexibility index (Phi) is 14.4. The normalized spacial score (nSPS) is 15.5. The number of carboxylic acids is 1. The summed E-state index contributed by atoms with van der Waals surface area (Å²) >= 11 is 1.03. The summed E-state index contributed by atoms with van der Waals surface area (Å²) in [6.45, 7) is 3.70. The minimum Gasteiger partial charge on any atom is -0.493 e. The van der Waals surface area contributed by atoms with Crippen molar-refractivity contribution in [2.75, 3.05) is 40.6 Å². The number of thiophene rings is 1. The number of hydrogen-bond acceptors (Lipinski definition) is 12. The van der Waals surface area contributed by atoms with Gasteiger partial charge in [-0.2, -0.15) is 0 Å². The molecule has 0 aliphatic carbocycles. The molecule has 14 nitrogen and oxygen atoms in total. The van der Waals surface area contributed by atoms with Crippen LogP contribution in [0.4, 0.5) is 8.78 Å². The predicted octanol–water partition coefficient (Wildman–Crippen LogP) is 6.07. The summed E-state index contributed by atoms with van der Waals surface area (Å²) in [6.07, 6.45) is 1.09. The van der Waals surface area contributed by atoms with Gasteiger partial charge in [0.15, 0.2) is 40.4 Å². The Hall–Kier alpha value is -5.32. The maximum Gasteiger partial charge on any atom is 0.306 e. The van der Waals surface area contributed by atoms with Gasteiger partial charge in [-0.25, -0.2) is 8.78 Å². The molecule has 1 N–H and O–H groups in total. The number of carboxylic acid groups (broad SMARTS) is 1. The molecule has 1 aromatic heterocycles. The standard InChI is InChI=1S/C40H46F2N2O12S/c1-5-7-22(2)24-18-33(47)44(40(24)51)12-15-54-35(50)11-8-27(45)31-17-25-30(57-31)19-29(53-4)39(36(25)41)56-14-6-13-55-38-28(52-3)16-23-20-43(21-26(23)37(38)42)32(46)9-10-34(48)49/h16-17,19,22,24H,5-15,18,20-21H2,1-4H3,(H,48,49). The Morgan fingerprint density at radius 3 is 2.26 bits per heavy atom. The second-order valence-corrected chi connectivity index (χ2v) is 15.0. The summed E-state index contributed by atoms with van der Waals surface area (Å²) in [7, 11) is 2.69. The van der Waals surface area contributed by atoms with Gasteiger partial charge in [-0.3, -0.25) is 33.7 Å². The fourth-order valence-electron chi connectivity index (χ4n) is 6.93. The Balaban J connectivity index is 1.11. The molecule has 0 bridgehead atoms. The lowest BCUT2D eigenvalue weighted by molar-refractivity contribution is -0.148. The lowest BCUT2D eigenvalue weighted by Crippen LogP contribution is -2.35. The maximum atomic E-state index is 15.8. The van der Waals surface area contributed by atoms with Crippen LogP contribution in [-0.4, -0.2) is 90.9 Å². The topological polar surface area (TPSA) is 175 Å². The van der Waals surface area contributed by atoms with Crippen LogP contribution in [-0.2, 0) is 41.8 Å². The molecule has 2 aliphatic heterocycles. The van der Waals surface area contributed by atoms with Gasteiger partial charge < -0.3 is 33.7 Å². The number of Topliss-reactive ketones (excluding diaryl/α,β-unsaturated/α-hetero) is 1. The highest BCUT2D eigenvalue weighted by Crippen LogP contribution is 2.41.